The Morgan fingerprint density at radius 1 is 1.50 bits per heavy atom. The SMILES string of the molecule is CC1CSCCN1C(=O)c1sc2cc(Br)ccc2c1N. The molecule has 1 aromatic heterocycles. The van der Waals surface area contributed by atoms with Gasteiger partial charge in [-0.15, -0.1) is 11.3 Å². The number of rotatable bonds is 1. The molecule has 2 heterocycles. The van der Waals surface area contributed by atoms with Gasteiger partial charge in [-0.05, 0) is 19.1 Å². The third-order valence-electron chi connectivity index (χ3n) is 3.51. The number of nitrogen functional groups attached to an aromatic ring is 1. The molecule has 0 saturated carbocycles. The number of carbonyl (C=O) groups excluding carboxylic acids is 1. The zero-order chi connectivity index (χ0) is 14.3. The van der Waals surface area contributed by atoms with Crippen molar-refractivity contribution in [1.29, 1.82) is 0 Å². The van der Waals surface area contributed by atoms with Crippen molar-refractivity contribution in [3.63, 3.8) is 0 Å². The number of benzene rings is 1. The number of nitrogens with zero attached hydrogens (tertiary/aromatic N) is 1. The van der Waals surface area contributed by atoms with Gasteiger partial charge in [0, 0.05) is 38.7 Å². The molecule has 1 aromatic carbocycles. The molecule has 1 aliphatic rings. The van der Waals surface area contributed by atoms with Crippen molar-refractivity contribution in [2.24, 2.45) is 0 Å². The largest absolute Gasteiger partial charge is 0.397 e. The summed E-state index contributed by atoms with van der Waals surface area (Å²) >= 11 is 6.85. The highest BCUT2D eigenvalue weighted by Gasteiger charge is 2.27. The van der Waals surface area contributed by atoms with Gasteiger partial charge < -0.3 is 10.6 Å². The van der Waals surface area contributed by atoms with Gasteiger partial charge in [0.1, 0.15) is 4.88 Å². The minimum absolute atomic E-state index is 0.0765. The van der Waals surface area contributed by atoms with E-state index in [-0.39, 0.29) is 11.9 Å². The lowest BCUT2D eigenvalue weighted by molar-refractivity contribution is 0.0722. The molecule has 2 N–H and O–H groups in total. The predicted octanol–water partition coefficient (Wildman–Crippen LogP) is 3.82. The summed E-state index contributed by atoms with van der Waals surface area (Å²) in [5.41, 5.74) is 6.80. The maximum absolute atomic E-state index is 12.7. The third-order valence-corrected chi connectivity index (χ3v) is 6.35. The van der Waals surface area contributed by atoms with Crippen LogP contribution in [0.5, 0.6) is 0 Å². The molecule has 6 heteroatoms. The van der Waals surface area contributed by atoms with Crippen molar-refractivity contribution in [2.45, 2.75) is 13.0 Å². The first kappa shape index (κ1) is 14.2. The summed E-state index contributed by atoms with van der Waals surface area (Å²) in [4.78, 5) is 15.3. The molecule has 2 aromatic rings. The maximum Gasteiger partial charge on any atom is 0.266 e. The second kappa shape index (κ2) is 5.58. The van der Waals surface area contributed by atoms with E-state index in [0.717, 1.165) is 32.6 Å². The number of hydrogen-bond acceptors (Lipinski definition) is 4. The van der Waals surface area contributed by atoms with Crippen LogP contribution in [0.4, 0.5) is 5.69 Å². The highest BCUT2D eigenvalue weighted by atomic mass is 79.9. The van der Waals surface area contributed by atoms with E-state index in [0.29, 0.717) is 10.6 Å². The summed E-state index contributed by atoms with van der Waals surface area (Å²) in [5.74, 6) is 2.08. The Bertz CT molecular complexity index is 670. The minimum Gasteiger partial charge on any atom is -0.397 e. The van der Waals surface area contributed by atoms with E-state index < -0.39 is 0 Å². The molecule has 20 heavy (non-hydrogen) atoms. The number of fused-ring (bicyclic) bond motifs is 1. The van der Waals surface area contributed by atoms with Crippen LogP contribution in [-0.2, 0) is 0 Å². The first-order valence-electron chi connectivity index (χ1n) is 6.44. The minimum atomic E-state index is 0.0765. The van der Waals surface area contributed by atoms with Gasteiger partial charge in [-0.25, -0.2) is 0 Å². The van der Waals surface area contributed by atoms with Gasteiger partial charge in [0.2, 0.25) is 0 Å². The van der Waals surface area contributed by atoms with E-state index in [4.69, 9.17) is 5.73 Å². The highest BCUT2D eigenvalue weighted by Crippen LogP contribution is 2.36. The number of thiophene rings is 1. The molecular formula is C14H15BrN2OS2. The van der Waals surface area contributed by atoms with Crippen molar-refractivity contribution >= 4 is 60.7 Å². The summed E-state index contributed by atoms with van der Waals surface area (Å²) in [6.07, 6.45) is 0. The highest BCUT2D eigenvalue weighted by molar-refractivity contribution is 9.10. The summed E-state index contributed by atoms with van der Waals surface area (Å²) < 4.78 is 2.06. The average Bonchev–Trinajstić information content (AvgIpc) is 2.75. The standard InChI is InChI=1S/C14H15BrN2OS2/c1-8-7-19-5-4-17(8)14(18)13-12(16)10-3-2-9(15)6-11(10)20-13/h2-3,6,8H,4-5,7,16H2,1H3. The van der Waals surface area contributed by atoms with Crippen LogP contribution >= 0.6 is 39.0 Å². The number of thioether (sulfide) groups is 1. The first-order chi connectivity index (χ1) is 9.58. The molecule has 1 atom stereocenters. The number of nitrogens with two attached hydrogens (primary N) is 1. The lowest BCUT2D eigenvalue weighted by atomic mass is 10.2. The van der Waals surface area contributed by atoms with Crippen LogP contribution in [0.1, 0.15) is 16.6 Å². The van der Waals surface area contributed by atoms with Crippen LogP contribution in [0.25, 0.3) is 10.1 Å². The molecule has 0 bridgehead atoms. The van der Waals surface area contributed by atoms with E-state index in [9.17, 15) is 4.79 Å². The molecule has 0 radical (unpaired) electrons. The van der Waals surface area contributed by atoms with Gasteiger partial charge in [0.25, 0.3) is 5.91 Å². The third kappa shape index (κ3) is 2.44. The van der Waals surface area contributed by atoms with Gasteiger partial charge in [-0.1, -0.05) is 22.0 Å². The van der Waals surface area contributed by atoms with Crippen LogP contribution in [-0.4, -0.2) is 34.9 Å². The van der Waals surface area contributed by atoms with Crippen LogP contribution in [0.3, 0.4) is 0 Å². The number of amides is 1. The summed E-state index contributed by atoms with van der Waals surface area (Å²) in [6, 6.07) is 6.22. The fraction of sp³-hybridized carbons (Fsp3) is 0.357. The quantitative estimate of drug-likeness (QED) is 0.829. The van der Waals surface area contributed by atoms with E-state index in [2.05, 4.69) is 22.9 Å². The molecule has 3 nitrogen and oxygen atoms in total. The molecule has 1 amide bonds. The van der Waals surface area contributed by atoms with Gasteiger partial charge in [0.05, 0.1) is 5.69 Å². The van der Waals surface area contributed by atoms with E-state index in [1.807, 2.05) is 34.9 Å². The van der Waals surface area contributed by atoms with E-state index >= 15 is 0 Å². The molecule has 3 rings (SSSR count). The van der Waals surface area contributed by atoms with Crippen molar-refractivity contribution in [1.82, 2.24) is 4.90 Å². The normalized spacial score (nSPS) is 19.5. The monoisotopic (exact) mass is 370 g/mol. The number of anilines is 1. The topological polar surface area (TPSA) is 46.3 Å². The van der Waals surface area contributed by atoms with Crippen LogP contribution in [0.15, 0.2) is 22.7 Å². The average molecular weight is 371 g/mol. The molecule has 1 saturated heterocycles. The van der Waals surface area contributed by atoms with Crippen LogP contribution < -0.4 is 5.73 Å². The summed E-state index contributed by atoms with van der Waals surface area (Å²) in [5, 5.41) is 0.973. The Hall–Kier alpha value is -0.720. The number of carbonyl (C=O) groups is 1. The van der Waals surface area contributed by atoms with Crippen LogP contribution in [0, 0.1) is 0 Å². The van der Waals surface area contributed by atoms with E-state index in [1.54, 1.807) is 0 Å². The fourth-order valence-electron chi connectivity index (χ4n) is 2.41. The van der Waals surface area contributed by atoms with Crippen molar-refractivity contribution in [2.75, 3.05) is 23.8 Å². The summed E-state index contributed by atoms with van der Waals surface area (Å²) in [7, 11) is 0. The number of halogens is 1. The zero-order valence-electron chi connectivity index (χ0n) is 11.1. The second-order valence-electron chi connectivity index (χ2n) is 4.91. The molecular weight excluding hydrogens is 356 g/mol. The molecule has 1 aliphatic heterocycles. The van der Waals surface area contributed by atoms with Gasteiger partial charge in [0.15, 0.2) is 0 Å². The Kier molecular flexibility index (Phi) is 3.97. The Morgan fingerprint density at radius 3 is 3.05 bits per heavy atom. The Morgan fingerprint density at radius 2 is 2.30 bits per heavy atom. The van der Waals surface area contributed by atoms with Crippen molar-refractivity contribution < 1.29 is 4.79 Å². The van der Waals surface area contributed by atoms with E-state index in [1.165, 1.54) is 11.3 Å². The fourth-order valence-corrected chi connectivity index (χ4v) is 5.05. The molecule has 0 spiro atoms. The van der Waals surface area contributed by atoms with Crippen molar-refractivity contribution in [3.05, 3.63) is 27.5 Å². The van der Waals surface area contributed by atoms with Crippen molar-refractivity contribution in [3.8, 4) is 0 Å². The number of hydrogen-bond donors (Lipinski definition) is 1. The van der Waals surface area contributed by atoms with Gasteiger partial charge in [-0.3, -0.25) is 4.79 Å². The molecule has 1 unspecified atom stereocenters. The maximum atomic E-state index is 12.7. The lowest BCUT2D eigenvalue weighted by Gasteiger charge is -2.32. The Labute approximate surface area is 134 Å². The van der Waals surface area contributed by atoms with Crippen LogP contribution in [0.2, 0.25) is 0 Å². The molecule has 106 valence electrons. The molecule has 1 fully saturated rings. The molecule has 0 aliphatic carbocycles. The zero-order valence-corrected chi connectivity index (χ0v) is 14.3. The van der Waals surface area contributed by atoms with Gasteiger partial charge >= 0.3 is 0 Å². The second-order valence-corrected chi connectivity index (χ2v) is 8.03. The Balaban J connectivity index is 2.01. The smallest absolute Gasteiger partial charge is 0.266 e. The summed E-state index contributed by atoms with van der Waals surface area (Å²) in [6.45, 7) is 2.91. The lowest BCUT2D eigenvalue weighted by Crippen LogP contribution is -2.44. The first-order valence-corrected chi connectivity index (χ1v) is 9.20. The predicted molar refractivity (Wildman–Crippen MR) is 91.8 cm³/mol. The van der Waals surface area contributed by atoms with Gasteiger partial charge in [-0.2, -0.15) is 11.8 Å².